The van der Waals surface area contributed by atoms with Gasteiger partial charge in [0.2, 0.25) is 0 Å². The van der Waals surface area contributed by atoms with E-state index in [1.807, 2.05) is 24.3 Å². The van der Waals surface area contributed by atoms with Gasteiger partial charge >= 0.3 is 12.2 Å². The number of amides is 4. The van der Waals surface area contributed by atoms with Crippen LogP contribution in [0.2, 0.25) is 0 Å². The first-order valence-corrected chi connectivity index (χ1v) is 18.0. The highest BCUT2D eigenvalue weighted by Gasteiger charge is 2.50. The van der Waals surface area contributed by atoms with Crippen LogP contribution in [-0.4, -0.2) is 119 Å². The Kier molecular flexibility index (Phi) is 10.6. The molecule has 0 spiro atoms. The highest BCUT2D eigenvalue weighted by atomic mass is 16.5. The van der Waals surface area contributed by atoms with E-state index >= 15 is 0 Å². The van der Waals surface area contributed by atoms with E-state index in [9.17, 15) is 19.2 Å². The summed E-state index contributed by atoms with van der Waals surface area (Å²) in [6, 6.07) is 7.14. The van der Waals surface area contributed by atoms with Crippen LogP contribution >= 0.6 is 0 Å². The van der Waals surface area contributed by atoms with Gasteiger partial charge in [0.15, 0.2) is 0 Å². The van der Waals surface area contributed by atoms with Crippen LogP contribution in [0.25, 0.3) is 11.3 Å². The zero-order valence-electron chi connectivity index (χ0n) is 30.2. The molecule has 6 heterocycles. The van der Waals surface area contributed by atoms with Gasteiger partial charge in [-0.05, 0) is 61.1 Å². The van der Waals surface area contributed by atoms with Crippen LogP contribution in [0.3, 0.4) is 0 Å². The summed E-state index contributed by atoms with van der Waals surface area (Å²) in [5, 5.41) is 5.43. The Hall–Kier alpha value is -5.84. The molecule has 2 aromatic heterocycles. The predicted octanol–water partition coefficient (Wildman–Crippen LogP) is 2.56. The predicted molar refractivity (Wildman–Crippen MR) is 191 cm³/mol. The number of methoxy groups -OCH3 is 2. The first kappa shape index (κ1) is 36.5. The fraction of sp³-hybridized carbons (Fsp3) is 0.474. The zero-order valence-corrected chi connectivity index (χ0v) is 30.2. The Morgan fingerprint density at radius 1 is 0.778 bits per heavy atom. The Morgan fingerprint density at radius 3 is 1.85 bits per heavy atom. The van der Waals surface area contributed by atoms with E-state index in [4.69, 9.17) is 18.9 Å². The molecule has 2 unspecified atom stereocenters. The third-order valence-corrected chi connectivity index (χ3v) is 10.4. The van der Waals surface area contributed by atoms with E-state index in [0.29, 0.717) is 56.5 Å². The highest BCUT2D eigenvalue weighted by molar-refractivity contribution is 5.91. The van der Waals surface area contributed by atoms with Crippen molar-refractivity contribution in [1.82, 2.24) is 40.4 Å². The van der Waals surface area contributed by atoms with Crippen molar-refractivity contribution in [2.75, 3.05) is 53.7 Å². The van der Waals surface area contributed by atoms with Crippen molar-refractivity contribution >= 4 is 24.0 Å². The number of aromatic nitrogens is 4. The van der Waals surface area contributed by atoms with E-state index in [1.54, 1.807) is 22.2 Å². The number of ether oxygens (including phenoxy) is 4. The van der Waals surface area contributed by atoms with Gasteiger partial charge in [-0.25, -0.2) is 19.6 Å². The molecule has 4 saturated heterocycles. The van der Waals surface area contributed by atoms with Crippen molar-refractivity contribution in [2.45, 2.75) is 61.7 Å². The number of H-pyrrole nitrogens is 2. The van der Waals surface area contributed by atoms with Crippen molar-refractivity contribution in [3.63, 3.8) is 0 Å². The number of imidazole rings is 2. The first-order chi connectivity index (χ1) is 26.2. The number of carbonyl (C=O) groups is 4. The van der Waals surface area contributed by atoms with Crippen LogP contribution in [0.5, 0.6) is 0 Å². The van der Waals surface area contributed by atoms with Gasteiger partial charge in [-0.3, -0.25) is 9.59 Å². The van der Waals surface area contributed by atoms with E-state index in [2.05, 4.69) is 54.3 Å². The Balaban J connectivity index is 0.973. The number of carbonyl (C=O) groups excluding carboxylic acids is 4. The maximum absolute atomic E-state index is 13.8. The molecular formula is C38H42N8O8. The molecule has 4 amide bonds. The topological polar surface area (TPSA) is 193 Å². The lowest BCUT2D eigenvalue weighted by Gasteiger charge is -2.34. The van der Waals surface area contributed by atoms with Crippen LogP contribution in [0, 0.1) is 23.7 Å². The molecule has 0 saturated carbocycles. The Labute approximate surface area is 312 Å². The van der Waals surface area contributed by atoms with Gasteiger partial charge in [0.25, 0.3) is 11.8 Å². The molecule has 0 aliphatic carbocycles. The number of hydrogen-bond acceptors (Lipinski definition) is 10. The van der Waals surface area contributed by atoms with Crippen LogP contribution in [0.4, 0.5) is 9.59 Å². The van der Waals surface area contributed by atoms with Gasteiger partial charge in [0.1, 0.15) is 28.4 Å². The molecule has 282 valence electrons. The third kappa shape index (κ3) is 7.35. The molecule has 3 aromatic rings. The SMILES string of the molecule is COC(=O)NC1(C(=O)N2CCC[C@H]2c2ncc(C#CC#Cc3ccc(-c4cnc([C@@H]5CCCN5C(=O)C5(NC(=O)OC)CCOC5)[nH]4)cc3)[nH]2)CCOC1. The molecule has 4 atom stereocenters. The van der Waals surface area contributed by atoms with E-state index in [1.165, 1.54) is 14.2 Å². The third-order valence-electron chi connectivity index (χ3n) is 10.4. The number of rotatable bonds is 7. The molecule has 4 fully saturated rings. The van der Waals surface area contributed by atoms with Gasteiger partial charge in [-0.2, -0.15) is 0 Å². The molecule has 4 aliphatic heterocycles. The van der Waals surface area contributed by atoms with Crippen LogP contribution in [0.1, 0.15) is 73.5 Å². The molecule has 16 nitrogen and oxygen atoms in total. The first-order valence-electron chi connectivity index (χ1n) is 18.0. The number of hydrogen-bond donors (Lipinski definition) is 4. The lowest BCUT2D eigenvalue weighted by Crippen LogP contribution is -2.60. The summed E-state index contributed by atoms with van der Waals surface area (Å²) in [7, 11) is 2.54. The van der Waals surface area contributed by atoms with Gasteiger partial charge in [0.05, 0.1) is 57.6 Å². The van der Waals surface area contributed by atoms with E-state index < -0.39 is 23.3 Å². The quantitative estimate of drug-likeness (QED) is 0.262. The molecule has 4 N–H and O–H groups in total. The molecule has 0 bridgehead atoms. The van der Waals surface area contributed by atoms with Crippen molar-refractivity contribution in [3.8, 4) is 34.9 Å². The summed E-state index contributed by atoms with van der Waals surface area (Å²) in [6.07, 6.45) is 5.86. The maximum atomic E-state index is 13.8. The average molecular weight is 739 g/mol. The second kappa shape index (κ2) is 15.6. The second-order valence-corrected chi connectivity index (χ2v) is 13.8. The molecule has 0 radical (unpaired) electrons. The number of nitrogens with zero attached hydrogens (tertiary/aromatic N) is 4. The summed E-state index contributed by atoms with van der Waals surface area (Å²) < 4.78 is 20.6. The Morgan fingerprint density at radius 2 is 1.31 bits per heavy atom. The minimum atomic E-state index is -1.17. The summed E-state index contributed by atoms with van der Waals surface area (Å²) in [4.78, 5) is 70.8. The normalized spacial score (nSPS) is 24.6. The van der Waals surface area contributed by atoms with E-state index in [0.717, 1.165) is 42.5 Å². The fourth-order valence-corrected chi connectivity index (χ4v) is 7.56. The van der Waals surface area contributed by atoms with Gasteiger partial charge < -0.3 is 49.3 Å². The zero-order chi connectivity index (χ0) is 37.7. The molecule has 54 heavy (non-hydrogen) atoms. The molecule has 7 rings (SSSR count). The number of aromatic amines is 2. The summed E-state index contributed by atoms with van der Waals surface area (Å²) >= 11 is 0. The smallest absolute Gasteiger partial charge is 0.407 e. The summed E-state index contributed by atoms with van der Waals surface area (Å²) in [5.74, 6) is 12.7. The van der Waals surface area contributed by atoms with Crippen LogP contribution < -0.4 is 10.6 Å². The number of nitrogens with one attached hydrogen (secondary N) is 4. The van der Waals surface area contributed by atoms with Crippen molar-refractivity contribution in [2.24, 2.45) is 0 Å². The summed E-state index contributed by atoms with van der Waals surface area (Å²) in [5.41, 5.74) is 0.739. The number of alkyl carbamates (subject to hydrolysis) is 2. The van der Waals surface area contributed by atoms with Crippen LogP contribution in [0.15, 0.2) is 36.7 Å². The highest BCUT2D eigenvalue weighted by Crippen LogP contribution is 2.36. The standard InChI is InChI=1S/C38H42N8O8/c1-51-35(49)43-37(15-19-53-23-37)33(47)45-17-5-9-29(45)31-39-21-27(41-31)8-4-3-7-25-11-13-26(14-12-25)28-22-40-32(42-28)30-10-6-18-46(30)34(48)38(16-20-54-24-38)44-36(50)52-2/h11-14,21-22,29-30H,5-6,9-10,15-20,23-24H2,1-2H3,(H,39,41)(H,40,42)(H,43,49)(H,44,50)/t29-,30-,37?,38?/m0/s1. The molecular weight excluding hydrogens is 696 g/mol. The van der Waals surface area contributed by atoms with Gasteiger partial charge in [0, 0.05) is 44.7 Å². The lowest BCUT2D eigenvalue weighted by molar-refractivity contribution is -0.140. The minimum absolute atomic E-state index is 0.0876. The molecule has 16 heteroatoms. The van der Waals surface area contributed by atoms with E-state index in [-0.39, 0.29) is 37.1 Å². The largest absolute Gasteiger partial charge is 0.453 e. The summed E-state index contributed by atoms with van der Waals surface area (Å²) in [6.45, 7) is 2.02. The van der Waals surface area contributed by atoms with Gasteiger partial charge in [-0.15, -0.1) is 0 Å². The molecule has 4 aliphatic rings. The van der Waals surface area contributed by atoms with Crippen molar-refractivity contribution in [1.29, 1.82) is 0 Å². The fourth-order valence-electron chi connectivity index (χ4n) is 7.56. The Bertz CT molecular complexity index is 2010. The maximum Gasteiger partial charge on any atom is 0.407 e. The van der Waals surface area contributed by atoms with Crippen molar-refractivity contribution < 1.29 is 38.1 Å². The van der Waals surface area contributed by atoms with Gasteiger partial charge in [-0.1, -0.05) is 18.1 Å². The second-order valence-electron chi connectivity index (χ2n) is 13.8. The minimum Gasteiger partial charge on any atom is -0.453 e. The lowest BCUT2D eigenvalue weighted by atomic mass is 9.96. The number of likely N-dealkylation sites (tertiary alicyclic amines) is 2. The molecule has 1 aromatic carbocycles. The average Bonchev–Trinajstić information content (AvgIpc) is 4.04. The number of benzene rings is 1. The monoisotopic (exact) mass is 738 g/mol. The van der Waals surface area contributed by atoms with Crippen molar-refractivity contribution in [3.05, 3.63) is 59.6 Å². The van der Waals surface area contributed by atoms with Crippen LogP contribution in [-0.2, 0) is 28.5 Å².